The van der Waals surface area contributed by atoms with Crippen LogP contribution in [-0.2, 0) is 4.74 Å². The maximum Gasteiger partial charge on any atom is 0.134 e. The second-order valence-corrected chi connectivity index (χ2v) is 5.58. The summed E-state index contributed by atoms with van der Waals surface area (Å²) >= 11 is 0. The molecule has 1 aliphatic heterocycles. The van der Waals surface area contributed by atoms with Crippen LogP contribution in [0.1, 0.15) is 26.7 Å². The third-order valence-corrected chi connectivity index (χ3v) is 4.24. The first kappa shape index (κ1) is 14.1. The Morgan fingerprint density at radius 1 is 1.32 bits per heavy atom. The molecule has 0 saturated carbocycles. The van der Waals surface area contributed by atoms with Gasteiger partial charge in [0.05, 0.1) is 5.60 Å². The fraction of sp³-hybridized carbons (Fsp3) is 0.714. The average Bonchev–Trinajstić information content (AvgIpc) is 2.47. The molecule has 1 fully saturated rings. The van der Waals surface area contributed by atoms with Gasteiger partial charge in [0.25, 0.3) is 0 Å². The van der Waals surface area contributed by atoms with Crippen LogP contribution in [0.4, 0.5) is 11.6 Å². The summed E-state index contributed by atoms with van der Waals surface area (Å²) in [5.74, 6) is 2.48. The molecule has 5 heteroatoms. The molecule has 0 atom stereocenters. The van der Waals surface area contributed by atoms with Gasteiger partial charge in [0.2, 0.25) is 0 Å². The molecule has 1 aromatic heterocycles. The smallest absolute Gasteiger partial charge is 0.134 e. The highest BCUT2D eigenvalue weighted by Crippen LogP contribution is 2.31. The lowest BCUT2D eigenvalue weighted by Crippen LogP contribution is -2.43. The highest BCUT2D eigenvalue weighted by atomic mass is 16.5. The zero-order valence-corrected chi connectivity index (χ0v) is 12.3. The molecule has 0 aliphatic carbocycles. The second kappa shape index (κ2) is 5.74. The van der Waals surface area contributed by atoms with Crippen LogP contribution in [0.5, 0.6) is 0 Å². The zero-order valence-electron chi connectivity index (χ0n) is 12.3. The zero-order chi connectivity index (χ0) is 13.9. The van der Waals surface area contributed by atoms with E-state index in [0.29, 0.717) is 5.92 Å². The van der Waals surface area contributed by atoms with Crippen molar-refractivity contribution in [3.63, 3.8) is 0 Å². The molecule has 5 nitrogen and oxygen atoms in total. The molecular weight excluding hydrogens is 240 g/mol. The predicted molar refractivity (Wildman–Crippen MR) is 77.6 cm³/mol. The molecule has 19 heavy (non-hydrogen) atoms. The summed E-state index contributed by atoms with van der Waals surface area (Å²) in [6, 6.07) is 2.00. The van der Waals surface area contributed by atoms with Crippen LogP contribution < -0.4 is 10.2 Å². The minimum atomic E-state index is -0.0338. The third-order valence-electron chi connectivity index (χ3n) is 4.24. The van der Waals surface area contributed by atoms with Crippen molar-refractivity contribution in [1.29, 1.82) is 0 Å². The van der Waals surface area contributed by atoms with Crippen LogP contribution in [0, 0.1) is 5.92 Å². The first-order chi connectivity index (χ1) is 9.06. The van der Waals surface area contributed by atoms with Gasteiger partial charge in [-0.05, 0) is 32.6 Å². The molecule has 0 aromatic carbocycles. The van der Waals surface area contributed by atoms with Gasteiger partial charge < -0.3 is 15.0 Å². The van der Waals surface area contributed by atoms with Crippen molar-refractivity contribution >= 4 is 11.6 Å². The number of nitrogens with zero attached hydrogens (tertiary/aromatic N) is 3. The van der Waals surface area contributed by atoms with Crippen LogP contribution in [0.3, 0.4) is 0 Å². The fourth-order valence-corrected chi connectivity index (χ4v) is 2.63. The molecule has 1 saturated heterocycles. The van der Waals surface area contributed by atoms with E-state index in [4.69, 9.17) is 4.74 Å². The minimum absolute atomic E-state index is 0.0338. The van der Waals surface area contributed by atoms with Gasteiger partial charge in [-0.1, -0.05) is 0 Å². The van der Waals surface area contributed by atoms with E-state index in [1.54, 1.807) is 13.4 Å². The van der Waals surface area contributed by atoms with Gasteiger partial charge >= 0.3 is 0 Å². The Morgan fingerprint density at radius 3 is 2.58 bits per heavy atom. The molecule has 2 rings (SSSR count). The van der Waals surface area contributed by atoms with E-state index in [9.17, 15) is 0 Å². The number of methoxy groups -OCH3 is 1. The van der Waals surface area contributed by atoms with E-state index in [-0.39, 0.29) is 5.60 Å². The molecule has 0 unspecified atom stereocenters. The van der Waals surface area contributed by atoms with Crippen molar-refractivity contribution in [2.24, 2.45) is 5.92 Å². The molecule has 0 radical (unpaired) electrons. The van der Waals surface area contributed by atoms with Crippen molar-refractivity contribution in [2.45, 2.75) is 32.3 Å². The fourth-order valence-electron chi connectivity index (χ4n) is 2.63. The van der Waals surface area contributed by atoms with E-state index < -0.39 is 0 Å². The molecule has 0 spiro atoms. The second-order valence-electron chi connectivity index (χ2n) is 5.58. The van der Waals surface area contributed by atoms with Crippen molar-refractivity contribution in [3.8, 4) is 0 Å². The van der Waals surface area contributed by atoms with Crippen LogP contribution >= 0.6 is 0 Å². The summed E-state index contributed by atoms with van der Waals surface area (Å²) in [4.78, 5) is 10.8. The SMILES string of the molecule is CNc1cc(N2CCC(C(C)(C)OC)CC2)ncn1. The molecule has 1 aliphatic rings. The number of ether oxygens (including phenoxy) is 1. The number of anilines is 2. The summed E-state index contributed by atoms with van der Waals surface area (Å²) in [5.41, 5.74) is -0.0338. The highest BCUT2D eigenvalue weighted by Gasteiger charge is 2.32. The number of nitrogens with one attached hydrogen (secondary N) is 1. The predicted octanol–water partition coefficient (Wildman–Crippen LogP) is 2.16. The summed E-state index contributed by atoms with van der Waals surface area (Å²) in [6.07, 6.45) is 3.89. The third kappa shape index (κ3) is 3.15. The Balaban J connectivity index is 1.99. The van der Waals surface area contributed by atoms with Crippen molar-refractivity contribution in [3.05, 3.63) is 12.4 Å². The maximum atomic E-state index is 5.60. The molecular formula is C14H24N4O. The monoisotopic (exact) mass is 264 g/mol. The van der Waals surface area contributed by atoms with Crippen molar-refractivity contribution in [1.82, 2.24) is 9.97 Å². The van der Waals surface area contributed by atoms with Gasteiger partial charge in [0.1, 0.15) is 18.0 Å². The Hall–Kier alpha value is -1.36. The van der Waals surface area contributed by atoms with E-state index in [1.807, 2.05) is 13.1 Å². The maximum absolute atomic E-state index is 5.60. The quantitative estimate of drug-likeness (QED) is 0.903. The van der Waals surface area contributed by atoms with E-state index in [0.717, 1.165) is 37.6 Å². The van der Waals surface area contributed by atoms with Crippen LogP contribution in [0.25, 0.3) is 0 Å². The number of piperidine rings is 1. The summed E-state index contributed by atoms with van der Waals surface area (Å²) < 4.78 is 5.60. The van der Waals surface area contributed by atoms with Gasteiger partial charge in [-0.2, -0.15) is 0 Å². The van der Waals surface area contributed by atoms with Crippen molar-refractivity contribution in [2.75, 3.05) is 37.5 Å². The first-order valence-corrected chi connectivity index (χ1v) is 6.86. The molecule has 2 heterocycles. The van der Waals surface area contributed by atoms with Gasteiger partial charge in [-0.3, -0.25) is 0 Å². The van der Waals surface area contributed by atoms with Gasteiger partial charge in [0.15, 0.2) is 0 Å². The van der Waals surface area contributed by atoms with E-state index in [2.05, 4.69) is 34.0 Å². The lowest BCUT2D eigenvalue weighted by molar-refractivity contribution is -0.0357. The van der Waals surface area contributed by atoms with Gasteiger partial charge in [-0.15, -0.1) is 0 Å². The van der Waals surface area contributed by atoms with Crippen molar-refractivity contribution < 1.29 is 4.74 Å². The summed E-state index contributed by atoms with van der Waals surface area (Å²) in [5, 5.41) is 3.05. The molecule has 0 bridgehead atoms. The highest BCUT2D eigenvalue weighted by molar-refractivity contribution is 5.48. The Bertz CT molecular complexity index is 414. The Labute approximate surface area is 115 Å². The Kier molecular flexibility index (Phi) is 4.24. The average molecular weight is 264 g/mol. The number of hydrogen-bond acceptors (Lipinski definition) is 5. The lowest BCUT2D eigenvalue weighted by Gasteiger charge is -2.40. The van der Waals surface area contributed by atoms with E-state index >= 15 is 0 Å². The number of hydrogen-bond donors (Lipinski definition) is 1. The normalized spacial score (nSPS) is 17.6. The molecule has 106 valence electrons. The topological polar surface area (TPSA) is 50.3 Å². The van der Waals surface area contributed by atoms with Gasteiger partial charge in [0, 0.05) is 33.3 Å². The summed E-state index contributed by atoms with van der Waals surface area (Å²) in [6.45, 7) is 6.41. The Morgan fingerprint density at radius 2 is 2.00 bits per heavy atom. The minimum Gasteiger partial charge on any atom is -0.379 e. The van der Waals surface area contributed by atoms with Crippen LogP contribution in [-0.4, -0.2) is 42.8 Å². The summed E-state index contributed by atoms with van der Waals surface area (Å²) in [7, 11) is 3.68. The number of rotatable bonds is 4. The largest absolute Gasteiger partial charge is 0.379 e. The van der Waals surface area contributed by atoms with Crippen LogP contribution in [0.15, 0.2) is 12.4 Å². The molecule has 0 amide bonds. The van der Waals surface area contributed by atoms with Crippen LogP contribution in [0.2, 0.25) is 0 Å². The van der Waals surface area contributed by atoms with Gasteiger partial charge in [-0.25, -0.2) is 9.97 Å². The lowest BCUT2D eigenvalue weighted by atomic mass is 9.83. The van der Waals surface area contributed by atoms with E-state index in [1.165, 1.54) is 0 Å². The standard InChI is InChI=1S/C14H24N4O/c1-14(2,19-4)11-5-7-18(8-6-11)13-9-12(15-3)16-10-17-13/h9-11H,5-8H2,1-4H3,(H,15,16,17). The molecule has 1 N–H and O–H groups in total. The molecule has 1 aromatic rings. The first-order valence-electron chi connectivity index (χ1n) is 6.86. The number of aromatic nitrogens is 2.